The van der Waals surface area contributed by atoms with Crippen LogP contribution in [0.4, 0.5) is 0 Å². The van der Waals surface area contributed by atoms with Crippen molar-refractivity contribution in [1.82, 2.24) is 0 Å². The van der Waals surface area contributed by atoms with Crippen LogP contribution in [0.2, 0.25) is 0 Å². The van der Waals surface area contributed by atoms with Crippen LogP contribution >= 0.6 is 31.9 Å². The lowest BCUT2D eigenvalue weighted by Gasteiger charge is -2.07. The Morgan fingerprint density at radius 2 is 1.45 bits per heavy atom. The zero-order chi connectivity index (χ0) is 8.69. The summed E-state index contributed by atoms with van der Waals surface area (Å²) in [7, 11) is 0. The molecule has 0 N–H and O–H groups in total. The molecule has 0 aromatic carbocycles. The van der Waals surface area contributed by atoms with Gasteiger partial charge in [0.2, 0.25) is 0 Å². The molecule has 0 unspecified atom stereocenters. The van der Waals surface area contributed by atoms with Crippen LogP contribution in [0.1, 0.15) is 26.7 Å². The fourth-order valence-electron chi connectivity index (χ4n) is 0.512. The van der Waals surface area contributed by atoms with Crippen molar-refractivity contribution in [3.63, 3.8) is 0 Å². The molecule has 1 nitrogen and oxygen atoms in total. The second kappa shape index (κ2) is 6.92. The number of allylic oxidation sites excluding steroid dienone is 2. The summed E-state index contributed by atoms with van der Waals surface area (Å²) < 4.78 is 5.48. The van der Waals surface area contributed by atoms with E-state index in [0.717, 1.165) is 24.4 Å². The van der Waals surface area contributed by atoms with Crippen LogP contribution in [0.3, 0.4) is 0 Å². The fraction of sp³-hybridized carbons (Fsp3) is 0.500. The Balaban J connectivity index is 4.00. The zero-order valence-corrected chi connectivity index (χ0v) is 9.91. The standard InChI is InChI=1S/C8H12Br2O/c1-3-7(5-9)11-8(4-2)6-10/h5-6H,3-4H2,1-2H3/b7-5+,8-6+. The summed E-state index contributed by atoms with van der Waals surface area (Å²) in [6, 6.07) is 0. The maximum absolute atomic E-state index is 5.48. The summed E-state index contributed by atoms with van der Waals surface area (Å²) in [5.74, 6) is 1.88. The maximum Gasteiger partial charge on any atom is 0.110 e. The Morgan fingerprint density at radius 3 is 1.64 bits per heavy atom. The largest absolute Gasteiger partial charge is 0.465 e. The number of halogens is 2. The normalized spacial score (nSPS) is 13.5. The minimum absolute atomic E-state index is 0.898. The van der Waals surface area contributed by atoms with Crippen molar-refractivity contribution in [3.05, 3.63) is 21.5 Å². The molecule has 0 aromatic heterocycles. The molecule has 0 atom stereocenters. The van der Waals surface area contributed by atoms with Gasteiger partial charge >= 0.3 is 0 Å². The van der Waals surface area contributed by atoms with Crippen molar-refractivity contribution in [2.75, 3.05) is 0 Å². The van der Waals surface area contributed by atoms with Crippen molar-refractivity contribution >= 4 is 31.9 Å². The van der Waals surface area contributed by atoms with Crippen molar-refractivity contribution in [1.29, 1.82) is 0 Å². The first-order valence-electron chi connectivity index (χ1n) is 3.54. The lowest BCUT2D eigenvalue weighted by molar-refractivity contribution is 0.286. The first kappa shape index (κ1) is 11.2. The molecule has 11 heavy (non-hydrogen) atoms. The summed E-state index contributed by atoms with van der Waals surface area (Å²) in [6.07, 6.45) is 1.80. The summed E-state index contributed by atoms with van der Waals surface area (Å²) >= 11 is 6.47. The highest BCUT2D eigenvalue weighted by molar-refractivity contribution is 9.11. The first-order chi connectivity index (χ1) is 5.28. The average Bonchev–Trinajstić information content (AvgIpc) is 2.07. The van der Waals surface area contributed by atoms with E-state index < -0.39 is 0 Å². The lowest BCUT2D eigenvalue weighted by atomic mass is 10.4. The van der Waals surface area contributed by atoms with E-state index in [1.807, 2.05) is 0 Å². The van der Waals surface area contributed by atoms with Crippen LogP contribution in [-0.4, -0.2) is 0 Å². The Kier molecular flexibility index (Phi) is 7.07. The SMILES string of the molecule is CC/C(=C\Br)O/C(=C/Br)CC. The second-order valence-corrected chi connectivity index (χ2v) is 2.88. The molecule has 0 aliphatic rings. The van der Waals surface area contributed by atoms with Gasteiger partial charge in [-0.3, -0.25) is 0 Å². The molecule has 0 aliphatic heterocycles. The Bertz CT molecular complexity index is 143. The number of rotatable bonds is 4. The highest BCUT2D eigenvalue weighted by Crippen LogP contribution is 2.15. The van der Waals surface area contributed by atoms with Gasteiger partial charge in [-0.25, -0.2) is 0 Å². The molecule has 0 heterocycles. The van der Waals surface area contributed by atoms with Gasteiger partial charge < -0.3 is 4.74 Å². The molecular weight excluding hydrogens is 272 g/mol. The maximum atomic E-state index is 5.48. The number of hydrogen-bond donors (Lipinski definition) is 0. The van der Waals surface area contributed by atoms with Crippen molar-refractivity contribution in [3.8, 4) is 0 Å². The second-order valence-electron chi connectivity index (χ2n) is 1.96. The molecule has 0 aromatic rings. The van der Waals surface area contributed by atoms with Crippen molar-refractivity contribution in [2.45, 2.75) is 26.7 Å². The van der Waals surface area contributed by atoms with E-state index in [1.54, 1.807) is 9.97 Å². The van der Waals surface area contributed by atoms with Crippen LogP contribution in [-0.2, 0) is 4.74 Å². The molecule has 0 rings (SSSR count). The highest BCUT2D eigenvalue weighted by atomic mass is 79.9. The van der Waals surface area contributed by atoms with Gasteiger partial charge in [-0.15, -0.1) is 0 Å². The van der Waals surface area contributed by atoms with E-state index in [4.69, 9.17) is 4.74 Å². The highest BCUT2D eigenvalue weighted by Gasteiger charge is 1.97. The summed E-state index contributed by atoms with van der Waals surface area (Å²) in [5.41, 5.74) is 0. The van der Waals surface area contributed by atoms with Gasteiger partial charge in [0.25, 0.3) is 0 Å². The van der Waals surface area contributed by atoms with Gasteiger partial charge in [-0.05, 0) is 0 Å². The third kappa shape index (κ3) is 4.64. The summed E-state index contributed by atoms with van der Waals surface area (Å²) in [4.78, 5) is 3.61. The summed E-state index contributed by atoms with van der Waals surface area (Å²) in [5, 5.41) is 0. The molecule has 3 heteroatoms. The van der Waals surface area contributed by atoms with Gasteiger partial charge in [0.05, 0.1) is 0 Å². The quantitative estimate of drug-likeness (QED) is 0.699. The van der Waals surface area contributed by atoms with Gasteiger partial charge in [-0.2, -0.15) is 0 Å². The van der Waals surface area contributed by atoms with E-state index in [1.165, 1.54) is 0 Å². The van der Waals surface area contributed by atoms with E-state index in [2.05, 4.69) is 45.7 Å². The molecular formula is C8H12Br2O. The van der Waals surface area contributed by atoms with E-state index >= 15 is 0 Å². The predicted molar refractivity (Wildman–Crippen MR) is 55.7 cm³/mol. The van der Waals surface area contributed by atoms with Crippen LogP contribution in [0, 0.1) is 0 Å². The third-order valence-corrected chi connectivity index (χ3v) is 2.22. The predicted octanol–water partition coefficient (Wildman–Crippen LogP) is 4.30. The topological polar surface area (TPSA) is 9.23 Å². The Hall–Kier alpha value is 0.240. The van der Waals surface area contributed by atoms with Crippen molar-refractivity contribution in [2.24, 2.45) is 0 Å². The van der Waals surface area contributed by atoms with Crippen LogP contribution < -0.4 is 0 Å². The summed E-state index contributed by atoms with van der Waals surface area (Å²) in [6.45, 7) is 4.10. The molecule has 0 saturated carbocycles. The van der Waals surface area contributed by atoms with E-state index in [-0.39, 0.29) is 0 Å². The molecule has 64 valence electrons. The lowest BCUT2D eigenvalue weighted by Crippen LogP contribution is -1.89. The number of ether oxygens (including phenoxy) is 1. The molecule has 0 spiro atoms. The van der Waals surface area contributed by atoms with Gasteiger partial charge in [0.15, 0.2) is 0 Å². The van der Waals surface area contributed by atoms with E-state index in [0.29, 0.717) is 0 Å². The van der Waals surface area contributed by atoms with E-state index in [9.17, 15) is 0 Å². The molecule has 0 fully saturated rings. The minimum Gasteiger partial charge on any atom is -0.465 e. The third-order valence-electron chi connectivity index (χ3n) is 1.20. The number of hydrogen-bond acceptors (Lipinski definition) is 1. The minimum atomic E-state index is 0.898. The molecule has 0 bridgehead atoms. The van der Waals surface area contributed by atoms with Crippen LogP contribution in [0.5, 0.6) is 0 Å². The average molecular weight is 284 g/mol. The smallest absolute Gasteiger partial charge is 0.110 e. The Morgan fingerprint density at radius 1 is 1.09 bits per heavy atom. The zero-order valence-electron chi connectivity index (χ0n) is 6.73. The fourth-order valence-corrected chi connectivity index (χ4v) is 1.35. The molecule has 0 aliphatic carbocycles. The Labute approximate surface area is 84.8 Å². The van der Waals surface area contributed by atoms with Crippen LogP contribution in [0.15, 0.2) is 21.5 Å². The van der Waals surface area contributed by atoms with Crippen molar-refractivity contribution < 1.29 is 4.74 Å². The van der Waals surface area contributed by atoms with Gasteiger partial charge in [0.1, 0.15) is 11.5 Å². The molecule has 0 radical (unpaired) electrons. The first-order valence-corrected chi connectivity index (χ1v) is 5.37. The van der Waals surface area contributed by atoms with Gasteiger partial charge in [-0.1, -0.05) is 45.7 Å². The monoisotopic (exact) mass is 282 g/mol. The van der Waals surface area contributed by atoms with Gasteiger partial charge in [0, 0.05) is 22.8 Å². The molecule has 0 amide bonds. The van der Waals surface area contributed by atoms with Crippen LogP contribution in [0.25, 0.3) is 0 Å². The molecule has 0 saturated heterocycles.